The van der Waals surface area contributed by atoms with Crippen molar-refractivity contribution in [1.82, 2.24) is 5.32 Å². The Balaban J connectivity index is 2.66. The molecule has 0 aliphatic rings. The summed E-state index contributed by atoms with van der Waals surface area (Å²) < 4.78 is 23.4. The van der Waals surface area contributed by atoms with E-state index in [2.05, 4.69) is 12.2 Å². The van der Waals surface area contributed by atoms with E-state index in [0.29, 0.717) is 25.4 Å². The van der Waals surface area contributed by atoms with Gasteiger partial charge in [0.1, 0.15) is 0 Å². The van der Waals surface area contributed by atoms with Crippen molar-refractivity contribution in [3.05, 3.63) is 35.9 Å². The molecule has 0 aliphatic heterocycles. The van der Waals surface area contributed by atoms with Gasteiger partial charge < -0.3 is 14.4 Å². The molecule has 1 aromatic carbocycles. The van der Waals surface area contributed by atoms with Gasteiger partial charge >= 0.3 is 6.80 Å². The predicted octanol–water partition coefficient (Wildman–Crippen LogP) is 6.12. The minimum Gasteiger partial charge on any atom is -0.348 e. The Morgan fingerprint density at radius 2 is 1.67 bits per heavy atom. The van der Waals surface area contributed by atoms with Gasteiger partial charge in [0.25, 0.3) is 0 Å². The van der Waals surface area contributed by atoms with Crippen LogP contribution in [0.25, 0.3) is 0 Å². The average Bonchev–Trinajstić information content (AvgIpc) is 2.66. The quantitative estimate of drug-likeness (QED) is 0.276. The maximum atomic E-state index is 12.7. The zero-order valence-corrected chi connectivity index (χ0v) is 18.5. The highest BCUT2D eigenvalue weighted by atomic mass is 32.7. The molecule has 0 saturated carbocycles. The van der Waals surface area contributed by atoms with Crippen LogP contribution in [0.4, 0.5) is 0 Å². The predicted molar refractivity (Wildman–Crippen MR) is 114 cm³/mol. The lowest BCUT2D eigenvalue weighted by atomic mass is 10.1. The Bertz CT molecular complexity index is 560. The van der Waals surface area contributed by atoms with Gasteiger partial charge in [-0.3, -0.25) is 4.79 Å². The molecule has 27 heavy (non-hydrogen) atoms. The van der Waals surface area contributed by atoms with E-state index in [1.165, 1.54) is 19.3 Å². The molecule has 154 valence electrons. The average molecular weight is 416 g/mol. The Kier molecular flexibility index (Phi) is 12.8. The molecule has 1 N–H and O–H groups in total. The summed E-state index contributed by atoms with van der Waals surface area (Å²) in [5, 5.41) is 3.09. The number of hydrogen-bond donors (Lipinski definition) is 1. The number of unbranched alkanes of at least 4 members (excludes halogenated alkanes) is 4. The summed E-state index contributed by atoms with van der Waals surface area (Å²) in [6, 6.07) is 9.53. The van der Waals surface area contributed by atoms with Crippen molar-refractivity contribution in [2.45, 2.75) is 65.3 Å². The number of hydrogen-bond acceptors (Lipinski definition) is 5. The van der Waals surface area contributed by atoms with E-state index >= 15 is 0 Å². The SMILES string of the molecule is CCCCCCCC(=O)N[C@@H](CSP(=O)(OCC)OCC)c1ccccc1. The van der Waals surface area contributed by atoms with Crippen LogP contribution in [-0.4, -0.2) is 24.9 Å². The molecule has 7 heteroatoms. The third-order valence-corrected chi connectivity index (χ3v) is 7.99. The molecular weight excluding hydrogens is 381 g/mol. The Morgan fingerprint density at radius 1 is 1.04 bits per heavy atom. The molecule has 0 radical (unpaired) electrons. The van der Waals surface area contributed by atoms with Gasteiger partial charge in [0.15, 0.2) is 0 Å². The highest BCUT2D eigenvalue weighted by Crippen LogP contribution is 2.61. The monoisotopic (exact) mass is 415 g/mol. The van der Waals surface area contributed by atoms with Crippen LogP contribution >= 0.6 is 18.2 Å². The van der Waals surface area contributed by atoms with Crippen LogP contribution in [0.15, 0.2) is 30.3 Å². The number of carbonyl (C=O) groups excluding carboxylic acids is 1. The van der Waals surface area contributed by atoms with E-state index in [1.807, 2.05) is 30.3 Å². The number of benzene rings is 1. The van der Waals surface area contributed by atoms with Gasteiger partial charge in [-0.1, -0.05) is 62.9 Å². The Labute approximate surface area is 168 Å². The fraction of sp³-hybridized carbons (Fsp3) is 0.650. The van der Waals surface area contributed by atoms with Gasteiger partial charge in [0, 0.05) is 12.2 Å². The molecule has 1 aromatic rings. The molecule has 0 bridgehead atoms. The molecule has 1 rings (SSSR count). The minimum absolute atomic E-state index is 0.0311. The fourth-order valence-corrected chi connectivity index (χ4v) is 6.19. The normalized spacial score (nSPS) is 12.7. The van der Waals surface area contributed by atoms with E-state index in [4.69, 9.17) is 9.05 Å². The fourth-order valence-electron chi connectivity index (χ4n) is 2.66. The van der Waals surface area contributed by atoms with Crippen LogP contribution in [0.3, 0.4) is 0 Å². The van der Waals surface area contributed by atoms with Gasteiger partial charge in [-0.25, -0.2) is 4.57 Å². The van der Waals surface area contributed by atoms with Crippen LogP contribution in [0.2, 0.25) is 0 Å². The van der Waals surface area contributed by atoms with E-state index in [-0.39, 0.29) is 11.9 Å². The first kappa shape index (κ1) is 24.2. The topological polar surface area (TPSA) is 64.6 Å². The highest BCUT2D eigenvalue weighted by molar-refractivity contribution is 8.55. The van der Waals surface area contributed by atoms with E-state index in [9.17, 15) is 9.36 Å². The molecular formula is C20H34NO4PS. The van der Waals surface area contributed by atoms with Crippen molar-refractivity contribution in [3.63, 3.8) is 0 Å². The summed E-state index contributed by atoms with van der Waals surface area (Å²) in [5.74, 6) is 0.465. The van der Waals surface area contributed by atoms with Crippen LogP contribution in [-0.2, 0) is 18.4 Å². The Hall–Kier alpha value is -0.810. The van der Waals surface area contributed by atoms with Crippen molar-refractivity contribution in [2.24, 2.45) is 0 Å². The van der Waals surface area contributed by atoms with E-state index < -0.39 is 6.80 Å². The molecule has 0 aromatic heterocycles. The second-order valence-electron chi connectivity index (χ2n) is 6.27. The second-order valence-corrected chi connectivity index (χ2v) is 10.4. The first-order valence-corrected chi connectivity index (χ1v) is 13.1. The van der Waals surface area contributed by atoms with Crippen molar-refractivity contribution in [3.8, 4) is 0 Å². The first-order valence-electron chi connectivity index (χ1n) is 9.92. The minimum atomic E-state index is -3.21. The van der Waals surface area contributed by atoms with Crippen molar-refractivity contribution >= 4 is 24.1 Å². The van der Waals surface area contributed by atoms with Gasteiger partial charge in [0.2, 0.25) is 5.91 Å². The van der Waals surface area contributed by atoms with Gasteiger partial charge in [-0.05, 0) is 37.2 Å². The van der Waals surface area contributed by atoms with Crippen molar-refractivity contribution in [2.75, 3.05) is 19.0 Å². The molecule has 0 saturated heterocycles. The largest absolute Gasteiger partial charge is 0.389 e. The standard InChI is InChI=1S/C20H34NO4PS/c1-4-7-8-9-13-16-20(22)21-19(18-14-11-10-12-15-18)17-27-26(23,24-5-2)25-6-3/h10-12,14-15,19H,4-9,13,16-17H2,1-3H3,(H,21,22)/t19-/m0/s1. The summed E-state index contributed by atoms with van der Waals surface area (Å²) in [7, 11) is 0. The maximum Gasteiger partial charge on any atom is 0.389 e. The summed E-state index contributed by atoms with van der Waals surface area (Å²) >= 11 is 1.15. The highest BCUT2D eigenvalue weighted by Gasteiger charge is 2.27. The lowest BCUT2D eigenvalue weighted by Gasteiger charge is -2.22. The van der Waals surface area contributed by atoms with Gasteiger partial charge in [-0.2, -0.15) is 0 Å². The summed E-state index contributed by atoms with van der Waals surface area (Å²) in [6.07, 6.45) is 6.08. The summed E-state index contributed by atoms with van der Waals surface area (Å²) in [5.41, 5.74) is 0.990. The van der Waals surface area contributed by atoms with Crippen LogP contribution in [0.5, 0.6) is 0 Å². The molecule has 1 amide bonds. The summed E-state index contributed by atoms with van der Waals surface area (Å²) in [4.78, 5) is 12.4. The number of amides is 1. The zero-order chi connectivity index (χ0) is 20.0. The lowest BCUT2D eigenvalue weighted by Crippen LogP contribution is -2.29. The summed E-state index contributed by atoms with van der Waals surface area (Å²) in [6.45, 7) is 3.21. The first-order chi connectivity index (χ1) is 13.0. The number of rotatable bonds is 15. The molecule has 0 unspecified atom stereocenters. The van der Waals surface area contributed by atoms with Crippen molar-refractivity contribution < 1.29 is 18.4 Å². The van der Waals surface area contributed by atoms with E-state index in [1.54, 1.807) is 13.8 Å². The maximum absolute atomic E-state index is 12.7. The third-order valence-electron chi connectivity index (χ3n) is 4.02. The molecule has 5 nitrogen and oxygen atoms in total. The third kappa shape index (κ3) is 10.3. The Morgan fingerprint density at radius 3 is 2.26 bits per heavy atom. The molecule has 0 fully saturated rings. The van der Waals surface area contributed by atoms with E-state index in [0.717, 1.165) is 29.8 Å². The lowest BCUT2D eigenvalue weighted by molar-refractivity contribution is -0.121. The second kappa shape index (κ2) is 14.2. The molecule has 0 spiro atoms. The smallest absolute Gasteiger partial charge is 0.348 e. The van der Waals surface area contributed by atoms with Crippen LogP contribution in [0.1, 0.15) is 70.9 Å². The van der Waals surface area contributed by atoms with Gasteiger partial charge in [0.05, 0.1) is 19.3 Å². The van der Waals surface area contributed by atoms with Crippen LogP contribution in [0, 0.1) is 0 Å². The van der Waals surface area contributed by atoms with Gasteiger partial charge in [-0.15, -0.1) is 0 Å². The zero-order valence-electron chi connectivity index (χ0n) is 16.8. The molecule has 1 atom stereocenters. The van der Waals surface area contributed by atoms with Crippen molar-refractivity contribution in [1.29, 1.82) is 0 Å². The van der Waals surface area contributed by atoms with Crippen LogP contribution < -0.4 is 5.32 Å². The number of nitrogens with one attached hydrogen (secondary N) is 1. The molecule has 0 aliphatic carbocycles. The molecule has 0 heterocycles. The number of carbonyl (C=O) groups is 1.